The zero-order chi connectivity index (χ0) is 17.3. The maximum atomic E-state index is 14.1. The average Bonchev–Trinajstić information content (AvgIpc) is 2.54. The van der Waals surface area contributed by atoms with Gasteiger partial charge in [-0.3, -0.25) is 0 Å². The molecular weight excluding hydrogens is 322 g/mol. The van der Waals surface area contributed by atoms with Crippen LogP contribution >= 0.6 is 0 Å². The largest absolute Gasteiger partial charge is 0.573 e. The summed E-state index contributed by atoms with van der Waals surface area (Å²) >= 11 is 0. The van der Waals surface area contributed by atoms with Gasteiger partial charge in [-0.15, -0.1) is 13.2 Å². The predicted molar refractivity (Wildman–Crippen MR) is 84.4 cm³/mol. The lowest BCUT2D eigenvalue weighted by molar-refractivity contribution is -0.274. The second kappa shape index (κ2) is 6.19. The quantitative estimate of drug-likeness (QED) is 0.737. The van der Waals surface area contributed by atoms with Crippen molar-refractivity contribution < 1.29 is 22.3 Å². The molecule has 126 valence electrons. The van der Waals surface area contributed by atoms with E-state index in [1.54, 1.807) is 11.0 Å². The van der Waals surface area contributed by atoms with Crippen molar-refractivity contribution in [1.82, 2.24) is 0 Å². The Labute approximate surface area is 137 Å². The number of benzene rings is 2. The zero-order valence-electron chi connectivity index (χ0n) is 12.7. The van der Waals surface area contributed by atoms with E-state index >= 15 is 0 Å². The van der Waals surface area contributed by atoms with Gasteiger partial charge in [0.1, 0.15) is 11.6 Å². The summed E-state index contributed by atoms with van der Waals surface area (Å²) in [5.41, 5.74) is 3.28. The van der Waals surface area contributed by atoms with Crippen molar-refractivity contribution in [1.29, 1.82) is 0 Å². The highest BCUT2D eigenvalue weighted by molar-refractivity contribution is 5.56. The fourth-order valence-corrected chi connectivity index (χ4v) is 2.84. The Balaban J connectivity index is 1.87. The van der Waals surface area contributed by atoms with Crippen LogP contribution in [0.15, 0.2) is 43.0 Å². The molecule has 2 aromatic carbocycles. The molecule has 24 heavy (non-hydrogen) atoms. The van der Waals surface area contributed by atoms with Crippen LogP contribution in [0.2, 0.25) is 0 Å². The van der Waals surface area contributed by atoms with Gasteiger partial charge >= 0.3 is 6.36 Å². The number of alkyl halides is 3. The van der Waals surface area contributed by atoms with Gasteiger partial charge in [0.05, 0.1) is 5.69 Å². The van der Waals surface area contributed by atoms with E-state index in [-0.39, 0.29) is 5.69 Å². The molecule has 0 unspecified atom stereocenters. The SMILES string of the molecule is C=Cc1ccc2c(c1)CCN(c1cc(OC(F)(F)F)ccc1F)C2. The number of nitrogens with zero attached hydrogens (tertiary/aromatic N) is 1. The molecule has 1 aliphatic heterocycles. The van der Waals surface area contributed by atoms with Crippen LogP contribution in [0.3, 0.4) is 0 Å². The van der Waals surface area contributed by atoms with Gasteiger partial charge in [-0.05, 0) is 35.2 Å². The van der Waals surface area contributed by atoms with Gasteiger partial charge in [0.15, 0.2) is 0 Å². The smallest absolute Gasteiger partial charge is 0.406 e. The van der Waals surface area contributed by atoms with E-state index in [4.69, 9.17) is 0 Å². The summed E-state index contributed by atoms with van der Waals surface area (Å²) < 4.78 is 55.0. The van der Waals surface area contributed by atoms with Crippen molar-refractivity contribution in [3.8, 4) is 5.75 Å². The molecule has 2 nitrogen and oxygen atoms in total. The molecule has 0 fully saturated rings. The molecule has 2 aromatic rings. The van der Waals surface area contributed by atoms with Crippen molar-refractivity contribution >= 4 is 11.8 Å². The van der Waals surface area contributed by atoms with E-state index in [0.29, 0.717) is 19.5 Å². The Morgan fingerprint density at radius 2 is 1.88 bits per heavy atom. The number of anilines is 1. The van der Waals surface area contributed by atoms with E-state index in [9.17, 15) is 17.6 Å². The molecule has 0 bridgehead atoms. The third-order valence-electron chi connectivity index (χ3n) is 3.97. The molecule has 0 saturated carbocycles. The van der Waals surface area contributed by atoms with Gasteiger partial charge in [0.2, 0.25) is 0 Å². The van der Waals surface area contributed by atoms with Crippen LogP contribution in [-0.4, -0.2) is 12.9 Å². The van der Waals surface area contributed by atoms with Crippen molar-refractivity contribution in [2.24, 2.45) is 0 Å². The molecule has 6 heteroatoms. The molecule has 1 aliphatic rings. The minimum Gasteiger partial charge on any atom is -0.406 e. The molecular formula is C18H15F4NO. The summed E-state index contributed by atoms with van der Waals surface area (Å²) in [7, 11) is 0. The Bertz CT molecular complexity index is 770. The normalized spacial score (nSPS) is 14.2. The van der Waals surface area contributed by atoms with E-state index in [1.165, 1.54) is 0 Å². The van der Waals surface area contributed by atoms with Gasteiger partial charge < -0.3 is 9.64 Å². The van der Waals surface area contributed by atoms with Gasteiger partial charge in [-0.25, -0.2) is 4.39 Å². The van der Waals surface area contributed by atoms with Gasteiger partial charge in [-0.2, -0.15) is 0 Å². The minimum atomic E-state index is -4.80. The number of fused-ring (bicyclic) bond motifs is 1. The van der Waals surface area contributed by atoms with Gasteiger partial charge in [0, 0.05) is 19.2 Å². The lowest BCUT2D eigenvalue weighted by atomic mass is 9.97. The standard InChI is InChI=1S/C18H15F4NO/c1-2-12-3-4-14-11-23(8-7-13(14)9-12)17-10-15(5-6-16(17)19)24-18(20,21)22/h2-6,9-10H,1,7-8,11H2. The maximum absolute atomic E-state index is 14.1. The molecule has 0 aliphatic carbocycles. The Hall–Kier alpha value is -2.50. The topological polar surface area (TPSA) is 12.5 Å². The van der Waals surface area contributed by atoms with Crippen molar-refractivity contribution in [2.75, 3.05) is 11.4 Å². The van der Waals surface area contributed by atoms with E-state index in [1.807, 2.05) is 18.2 Å². The van der Waals surface area contributed by atoms with Crippen LogP contribution < -0.4 is 9.64 Å². The van der Waals surface area contributed by atoms with E-state index in [2.05, 4.69) is 11.3 Å². The predicted octanol–water partition coefficient (Wildman–Crippen LogP) is 4.93. The molecule has 0 radical (unpaired) electrons. The second-order valence-electron chi connectivity index (χ2n) is 5.56. The molecule has 0 N–H and O–H groups in total. The van der Waals surface area contributed by atoms with E-state index in [0.717, 1.165) is 34.9 Å². The summed E-state index contributed by atoms with van der Waals surface area (Å²) in [5.74, 6) is -0.998. The van der Waals surface area contributed by atoms with Crippen LogP contribution in [0.1, 0.15) is 16.7 Å². The van der Waals surface area contributed by atoms with Crippen LogP contribution in [0.5, 0.6) is 5.75 Å². The molecule has 0 atom stereocenters. The molecule has 0 saturated heterocycles. The number of rotatable bonds is 3. The molecule has 0 aromatic heterocycles. The number of hydrogen-bond acceptors (Lipinski definition) is 2. The van der Waals surface area contributed by atoms with Crippen molar-refractivity contribution in [3.05, 3.63) is 65.5 Å². The second-order valence-corrected chi connectivity index (χ2v) is 5.56. The summed E-state index contributed by atoms with van der Waals surface area (Å²) in [6.45, 7) is 4.67. The van der Waals surface area contributed by atoms with Gasteiger partial charge in [-0.1, -0.05) is 30.9 Å². The number of ether oxygens (including phenoxy) is 1. The zero-order valence-corrected chi connectivity index (χ0v) is 12.7. The lowest BCUT2D eigenvalue weighted by Gasteiger charge is -2.31. The minimum absolute atomic E-state index is 0.107. The molecule has 0 amide bonds. The average molecular weight is 337 g/mol. The fourth-order valence-electron chi connectivity index (χ4n) is 2.84. The third kappa shape index (κ3) is 3.53. The Morgan fingerprint density at radius 1 is 1.08 bits per heavy atom. The van der Waals surface area contributed by atoms with Gasteiger partial charge in [0.25, 0.3) is 0 Å². The maximum Gasteiger partial charge on any atom is 0.573 e. The van der Waals surface area contributed by atoms with Crippen molar-refractivity contribution in [3.63, 3.8) is 0 Å². The number of hydrogen-bond donors (Lipinski definition) is 0. The Morgan fingerprint density at radius 3 is 2.58 bits per heavy atom. The van der Waals surface area contributed by atoms with E-state index < -0.39 is 17.9 Å². The Kier molecular flexibility index (Phi) is 4.22. The first-order valence-corrected chi connectivity index (χ1v) is 7.40. The molecule has 3 rings (SSSR count). The summed E-state index contributed by atoms with van der Waals surface area (Å²) in [4.78, 5) is 1.72. The fraction of sp³-hybridized carbons (Fsp3) is 0.222. The highest BCUT2D eigenvalue weighted by Crippen LogP contribution is 2.32. The summed E-state index contributed by atoms with van der Waals surface area (Å²) in [6.07, 6.45) is -2.37. The van der Waals surface area contributed by atoms with Crippen LogP contribution in [0.25, 0.3) is 6.08 Å². The molecule has 1 heterocycles. The highest BCUT2D eigenvalue weighted by atomic mass is 19.4. The first-order chi connectivity index (χ1) is 11.4. The third-order valence-corrected chi connectivity index (χ3v) is 3.97. The lowest BCUT2D eigenvalue weighted by Crippen LogP contribution is -2.31. The molecule has 0 spiro atoms. The first-order valence-electron chi connectivity index (χ1n) is 7.40. The van der Waals surface area contributed by atoms with Crippen molar-refractivity contribution in [2.45, 2.75) is 19.3 Å². The van der Waals surface area contributed by atoms with Crippen LogP contribution in [0, 0.1) is 5.82 Å². The summed E-state index contributed by atoms with van der Waals surface area (Å²) in [5, 5.41) is 0. The monoisotopic (exact) mass is 337 g/mol. The number of halogens is 4. The summed E-state index contributed by atoms with van der Waals surface area (Å²) in [6, 6.07) is 8.93. The van der Waals surface area contributed by atoms with Crippen LogP contribution in [-0.2, 0) is 13.0 Å². The first kappa shape index (κ1) is 16.4. The van der Waals surface area contributed by atoms with Crippen LogP contribution in [0.4, 0.5) is 23.2 Å². The highest BCUT2D eigenvalue weighted by Gasteiger charge is 2.31.